The van der Waals surface area contributed by atoms with Crippen molar-refractivity contribution < 1.29 is 23.8 Å². The quantitative estimate of drug-likeness (QED) is 0.458. The molecule has 2 atom stereocenters. The Kier molecular flexibility index (Phi) is 7.46. The summed E-state index contributed by atoms with van der Waals surface area (Å²) in [5.41, 5.74) is 3.93. The Morgan fingerprint density at radius 1 is 1.18 bits per heavy atom. The van der Waals surface area contributed by atoms with Gasteiger partial charge in [0.2, 0.25) is 0 Å². The molecule has 1 N–H and O–H groups in total. The van der Waals surface area contributed by atoms with Gasteiger partial charge in [0.1, 0.15) is 23.4 Å². The number of carboxylic acid groups (broad SMARTS) is 1. The molecular weight excluding hydrogens is 433 g/mol. The maximum Gasteiger partial charge on any atom is 0.306 e. The molecule has 0 amide bonds. The Hall–Kier alpha value is -3.41. The second kappa shape index (κ2) is 10.7. The van der Waals surface area contributed by atoms with Gasteiger partial charge in [0.25, 0.3) is 0 Å². The van der Waals surface area contributed by atoms with E-state index in [1.54, 1.807) is 32.4 Å². The Morgan fingerprint density at radius 2 is 1.97 bits per heavy atom. The molecule has 6 heteroatoms. The molecule has 1 fully saturated rings. The van der Waals surface area contributed by atoms with Crippen LogP contribution in [0.15, 0.2) is 54.7 Å². The van der Waals surface area contributed by atoms with Gasteiger partial charge in [-0.2, -0.15) is 0 Å². The fraction of sp³-hybridized carbons (Fsp3) is 0.357. The number of ether oxygens (including phenoxy) is 2. The van der Waals surface area contributed by atoms with E-state index < -0.39 is 11.9 Å². The number of halogens is 1. The van der Waals surface area contributed by atoms with E-state index in [-0.39, 0.29) is 11.9 Å². The zero-order chi connectivity index (χ0) is 24.1. The van der Waals surface area contributed by atoms with Crippen LogP contribution < -0.4 is 9.47 Å². The van der Waals surface area contributed by atoms with Gasteiger partial charge < -0.3 is 14.6 Å². The molecule has 0 bridgehead atoms. The van der Waals surface area contributed by atoms with Crippen LogP contribution in [0.25, 0.3) is 11.1 Å². The van der Waals surface area contributed by atoms with Crippen molar-refractivity contribution in [3.05, 3.63) is 77.4 Å². The molecule has 2 unspecified atom stereocenters. The number of pyridine rings is 1. The van der Waals surface area contributed by atoms with Crippen molar-refractivity contribution in [2.24, 2.45) is 5.92 Å². The number of nitrogens with zero attached hydrogens (tertiary/aromatic N) is 1. The first-order valence-corrected chi connectivity index (χ1v) is 11.8. The second-order valence-corrected chi connectivity index (χ2v) is 8.91. The number of hydrogen-bond donors (Lipinski definition) is 1. The molecule has 2 aliphatic rings. The number of fused-ring (bicyclic) bond motifs is 1. The lowest BCUT2D eigenvalue weighted by Gasteiger charge is -2.26. The fourth-order valence-corrected chi connectivity index (χ4v) is 3.80. The van der Waals surface area contributed by atoms with Gasteiger partial charge in [0.05, 0.1) is 18.7 Å². The monoisotopic (exact) mass is 463 g/mol. The minimum Gasteiger partial charge on any atom is -0.497 e. The van der Waals surface area contributed by atoms with Gasteiger partial charge in [-0.25, -0.2) is 4.39 Å². The zero-order valence-electron chi connectivity index (χ0n) is 19.6. The summed E-state index contributed by atoms with van der Waals surface area (Å²) in [5.74, 6) is -0.241. The van der Waals surface area contributed by atoms with E-state index in [4.69, 9.17) is 14.6 Å². The molecule has 0 radical (unpaired) electrons. The molecule has 1 saturated carbocycles. The van der Waals surface area contributed by atoms with E-state index in [2.05, 4.69) is 4.98 Å². The highest BCUT2D eigenvalue weighted by Crippen LogP contribution is 2.36. The summed E-state index contributed by atoms with van der Waals surface area (Å²) in [6, 6.07) is 14.2. The highest BCUT2D eigenvalue weighted by molar-refractivity contribution is 5.70. The van der Waals surface area contributed by atoms with Gasteiger partial charge in [0, 0.05) is 17.3 Å². The normalized spacial score (nSPS) is 16.9. The fourth-order valence-electron chi connectivity index (χ4n) is 3.80. The van der Waals surface area contributed by atoms with Crippen LogP contribution in [0.1, 0.15) is 55.5 Å². The Bertz CT molecular complexity index is 1140. The molecule has 0 spiro atoms. The minimum absolute atomic E-state index is 0.205. The topological polar surface area (TPSA) is 68.7 Å². The lowest BCUT2D eigenvalue weighted by Crippen LogP contribution is -2.17. The second-order valence-electron chi connectivity index (χ2n) is 8.91. The smallest absolute Gasteiger partial charge is 0.306 e. The van der Waals surface area contributed by atoms with Crippen molar-refractivity contribution in [3.8, 4) is 22.6 Å². The van der Waals surface area contributed by atoms with E-state index in [1.807, 2.05) is 30.3 Å². The minimum atomic E-state index is -0.812. The first-order chi connectivity index (χ1) is 16.4. The van der Waals surface area contributed by atoms with Crippen LogP contribution in [0.5, 0.6) is 11.5 Å². The van der Waals surface area contributed by atoms with Crippen molar-refractivity contribution >= 4 is 5.97 Å². The first kappa shape index (κ1) is 23.7. The lowest BCUT2D eigenvalue weighted by molar-refractivity contribution is -0.141. The number of carbonyl (C=O) groups is 1. The maximum absolute atomic E-state index is 14.2. The van der Waals surface area contributed by atoms with E-state index in [0.29, 0.717) is 23.3 Å². The van der Waals surface area contributed by atoms with Crippen molar-refractivity contribution in [3.63, 3.8) is 0 Å². The summed E-state index contributed by atoms with van der Waals surface area (Å²) in [6.07, 6.45) is 8.04. The van der Waals surface area contributed by atoms with Gasteiger partial charge in [0.15, 0.2) is 0 Å². The largest absolute Gasteiger partial charge is 0.497 e. The summed E-state index contributed by atoms with van der Waals surface area (Å²) in [7, 11) is 1.55. The van der Waals surface area contributed by atoms with Crippen molar-refractivity contribution in [1.82, 2.24) is 4.98 Å². The predicted octanol–water partition coefficient (Wildman–Crippen LogP) is 6.40. The summed E-state index contributed by atoms with van der Waals surface area (Å²) in [4.78, 5) is 15.7. The van der Waals surface area contributed by atoms with Crippen LogP contribution in [0.3, 0.4) is 0 Å². The predicted molar refractivity (Wildman–Crippen MR) is 129 cm³/mol. The molecule has 1 aliphatic carbocycles. The van der Waals surface area contributed by atoms with Crippen LogP contribution >= 0.6 is 0 Å². The Morgan fingerprint density at radius 3 is 2.62 bits per heavy atom. The number of aryl methyl sites for hydroxylation is 1. The van der Waals surface area contributed by atoms with Gasteiger partial charge in [-0.3, -0.25) is 9.78 Å². The van der Waals surface area contributed by atoms with Gasteiger partial charge in [-0.1, -0.05) is 44.4 Å². The van der Waals surface area contributed by atoms with Gasteiger partial charge >= 0.3 is 5.97 Å². The van der Waals surface area contributed by atoms with Gasteiger partial charge in [-0.05, 0) is 60.7 Å². The van der Waals surface area contributed by atoms with Crippen LogP contribution in [0, 0.1) is 11.7 Å². The molecule has 5 rings (SSSR count). The zero-order valence-corrected chi connectivity index (χ0v) is 19.6. The molecule has 0 saturated heterocycles. The number of hydrogen-bond acceptors (Lipinski definition) is 4. The standard InChI is InChI=1S/C25H24FNO4.C3H6/c1-15(25(28)29)11-16-3-4-17-6-10-23(31-24(17)12-16)22-9-5-18(14-27-22)20-13-19(30-2)7-8-21(20)26;1-2-3-1/h3-5,7-9,12-15,23H,6,10-11H2,1-2H3,(H,28,29);1-3H2. The van der Waals surface area contributed by atoms with E-state index >= 15 is 0 Å². The first-order valence-electron chi connectivity index (χ1n) is 11.8. The number of benzene rings is 2. The van der Waals surface area contributed by atoms with Crippen LogP contribution in [-0.2, 0) is 17.6 Å². The molecular formula is C28H30FNO4. The van der Waals surface area contributed by atoms with E-state index in [0.717, 1.165) is 35.4 Å². The molecule has 1 aliphatic heterocycles. The van der Waals surface area contributed by atoms with Crippen LogP contribution in [0.4, 0.5) is 4.39 Å². The number of carboxylic acids is 1. The summed E-state index contributed by atoms with van der Waals surface area (Å²) >= 11 is 0. The van der Waals surface area contributed by atoms with E-state index in [9.17, 15) is 9.18 Å². The van der Waals surface area contributed by atoms with Crippen LogP contribution in [-0.4, -0.2) is 23.2 Å². The number of rotatable bonds is 6. The SMILES string of the molecule is C1CC1.COc1ccc(F)c(-c2ccc(C3CCc4ccc(CC(C)C(=O)O)cc4O3)nc2)c1. The maximum atomic E-state index is 14.2. The molecule has 5 nitrogen and oxygen atoms in total. The third-order valence-electron chi connectivity index (χ3n) is 5.99. The summed E-state index contributed by atoms with van der Waals surface area (Å²) < 4.78 is 25.6. The van der Waals surface area contributed by atoms with Crippen molar-refractivity contribution in [2.45, 2.75) is 51.6 Å². The molecule has 34 heavy (non-hydrogen) atoms. The van der Waals surface area contributed by atoms with Crippen LogP contribution in [0.2, 0.25) is 0 Å². The van der Waals surface area contributed by atoms with Gasteiger partial charge in [-0.15, -0.1) is 0 Å². The summed E-state index contributed by atoms with van der Waals surface area (Å²) in [5, 5.41) is 9.15. The van der Waals surface area contributed by atoms with Crippen molar-refractivity contribution in [1.29, 1.82) is 0 Å². The average molecular weight is 464 g/mol. The Labute approximate surface area is 199 Å². The third-order valence-corrected chi connectivity index (χ3v) is 5.99. The molecule has 2 aromatic carbocycles. The average Bonchev–Trinajstić information content (AvgIpc) is 3.74. The van der Waals surface area contributed by atoms with Crippen molar-refractivity contribution in [2.75, 3.05) is 7.11 Å². The molecule has 178 valence electrons. The molecule has 2 heterocycles. The van der Waals surface area contributed by atoms with E-state index in [1.165, 1.54) is 25.3 Å². The number of aliphatic carboxylic acids is 1. The third kappa shape index (κ3) is 5.93. The molecule has 1 aromatic heterocycles. The Balaban J connectivity index is 0.000000846. The summed E-state index contributed by atoms with van der Waals surface area (Å²) in [6.45, 7) is 1.70. The number of aromatic nitrogens is 1. The highest BCUT2D eigenvalue weighted by atomic mass is 19.1. The molecule has 3 aromatic rings. The number of methoxy groups -OCH3 is 1. The lowest BCUT2D eigenvalue weighted by atomic mass is 9.95. The highest BCUT2D eigenvalue weighted by Gasteiger charge is 2.23.